The first-order valence-corrected chi connectivity index (χ1v) is 5.58. The highest BCUT2D eigenvalue weighted by atomic mass is 16.5. The van der Waals surface area contributed by atoms with Crippen molar-refractivity contribution >= 4 is 12.6 Å². The first-order valence-electron chi connectivity index (χ1n) is 5.58. The topological polar surface area (TPSA) is 83.8 Å². The Kier molecular flexibility index (Phi) is 6.21. The number of aliphatic hydroxyl groups excluding tert-OH is 2. The lowest BCUT2D eigenvalue weighted by atomic mass is 10.0. The largest absolute Gasteiger partial charge is 0.396 e. The van der Waals surface area contributed by atoms with Gasteiger partial charge in [0.25, 0.3) is 0 Å². The summed E-state index contributed by atoms with van der Waals surface area (Å²) in [5.41, 5.74) is 0.850. The van der Waals surface area contributed by atoms with Gasteiger partial charge in [-0.3, -0.25) is 0 Å². The molecule has 0 radical (unpaired) electrons. The lowest BCUT2D eigenvalue weighted by Crippen LogP contribution is -2.39. The highest BCUT2D eigenvalue weighted by molar-refractivity contribution is 5.61. The van der Waals surface area contributed by atoms with Crippen LogP contribution < -0.4 is 0 Å². The molecule has 0 aliphatic heterocycles. The third-order valence-electron chi connectivity index (χ3n) is 2.58. The normalized spacial score (nSPS) is 15.7. The van der Waals surface area contributed by atoms with Crippen molar-refractivity contribution in [3.05, 3.63) is 35.9 Å². The molecular formula is C13H16O5. The zero-order valence-corrected chi connectivity index (χ0v) is 9.81. The fourth-order valence-corrected chi connectivity index (χ4v) is 1.46. The van der Waals surface area contributed by atoms with Crippen molar-refractivity contribution in [2.24, 2.45) is 5.92 Å². The van der Waals surface area contributed by atoms with Gasteiger partial charge in [0, 0.05) is 0 Å². The number of benzene rings is 1. The number of aliphatic hydroxyl groups is 2. The van der Waals surface area contributed by atoms with E-state index in [1.807, 2.05) is 30.3 Å². The van der Waals surface area contributed by atoms with Crippen molar-refractivity contribution < 1.29 is 24.5 Å². The SMILES string of the molecule is O=CC(CO)[C@H](O)[C@H](C=O)OCc1ccccc1. The summed E-state index contributed by atoms with van der Waals surface area (Å²) in [7, 11) is 0. The Morgan fingerprint density at radius 2 is 1.83 bits per heavy atom. The molecule has 5 heteroatoms. The molecule has 1 rings (SSSR count). The summed E-state index contributed by atoms with van der Waals surface area (Å²) in [6.07, 6.45) is -1.63. The van der Waals surface area contributed by atoms with Crippen LogP contribution in [0.3, 0.4) is 0 Å². The Morgan fingerprint density at radius 3 is 2.33 bits per heavy atom. The van der Waals surface area contributed by atoms with E-state index in [2.05, 4.69) is 0 Å². The van der Waals surface area contributed by atoms with E-state index < -0.39 is 24.7 Å². The first-order chi connectivity index (χ1) is 8.72. The van der Waals surface area contributed by atoms with Gasteiger partial charge >= 0.3 is 0 Å². The van der Waals surface area contributed by atoms with Crippen LogP contribution in [-0.4, -0.2) is 41.6 Å². The summed E-state index contributed by atoms with van der Waals surface area (Å²) in [4.78, 5) is 21.4. The molecule has 0 saturated carbocycles. The van der Waals surface area contributed by atoms with Crippen molar-refractivity contribution in [3.8, 4) is 0 Å². The molecule has 5 nitrogen and oxygen atoms in total. The number of rotatable bonds is 8. The van der Waals surface area contributed by atoms with Crippen LogP contribution in [0.2, 0.25) is 0 Å². The second kappa shape index (κ2) is 7.71. The van der Waals surface area contributed by atoms with Gasteiger partial charge in [0.1, 0.15) is 12.4 Å². The zero-order chi connectivity index (χ0) is 13.4. The van der Waals surface area contributed by atoms with Gasteiger partial charge in [-0.15, -0.1) is 0 Å². The van der Waals surface area contributed by atoms with Gasteiger partial charge in [0.15, 0.2) is 6.29 Å². The van der Waals surface area contributed by atoms with Gasteiger partial charge in [-0.05, 0) is 5.56 Å². The Hall–Kier alpha value is -1.56. The van der Waals surface area contributed by atoms with Crippen molar-refractivity contribution in [1.29, 1.82) is 0 Å². The average molecular weight is 252 g/mol. The maximum Gasteiger partial charge on any atom is 0.151 e. The van der Waals surface area contributed by atoms with Crippen LogP contribution in [0.1, 0.15) is 5.56 Å². The lowest BCUT2D eigenvalue weighted by molar-refractivity contribution is -0.135. The van der Waals surface area contributed by atoms with Crippen molar-refractivity contribution in [3.63, 3.8) is 0 Å². The monoisotopic (exact) mass is 252 g/mol. The number of ether oxygens (including phenoxy) is 1. The summed E-state index contributed by atoms with van der Waals surface area (Å²) >= 11 is 0. The van der Waals surface area contributed by atoms with E-state index in [9.17, 15) is 14.7 Å². The molecular weight excluding hydrogens is 236 g/mol. The summed E-state index contributed by atoms with van der Waals surface area (Å²) < 4.78 is 5.24. The summed E-state index contributed by atoms with van der Waals surface area (Å²) in [5.74, 6) is -1.02. The molecule has 0 saturated heterocycles. The molecule has 1 aromatic carbocycles. The molecule has 0 bridgehead atoms. The van der Waals surface area contributed by atoms with Crippen LogP contribution in [0.5, 0.6) is 0 Å². The number of hydrogen-bond acceptors (Lipinski definition) is 5. The van der Waals surface area contributed by atoms with Crippen molar-refractivity contribution in [2.45, 2.75) is 18.8 Å². The molecule has 0 aliphatic rings. The van der Waals surface area contributed by atoms with Gasteiger partial charge in [0.05, 0.1) is 25.2 Å². The molecule has 0 spiro atoms. The van der Waals surface area contributed by atoms with E-state index in [1.165, 1.54) is 0 Å². The molecule has 3 atom stereocenters. The Balaban J connectivity index is 2.56. The predicted molar refractivity (Wildman–Crippen MR) is 63.7 cm³/mol. The molecule has 1 aromatic rings. The quantitative estimate of drug-likeness (QED) is 0.633. The second-order valence-electron chi connectivity index (χ2n) is 3.87. The van der Waals surface area contributed by atoms with Crippen LogP contribution in [0.25, 0.3) is 0 Å². The third-order valence-corrected chi connectivity index (χ3v) is 2.58. The second-order valence-corrected chi connectivity index (χ2v) is 3.87. The summed E-state index contributed by atoms with van der Waals surface area (Å²) in [6.45, 7) is -0.373. The minimum Gasteiger partial charge on any atom is -0.396 e. The average Bonchev–Trinajstić information content (AvgIpc) is 2.42. The van der Waals surface area contributed by atoms with Gasteiger partial charge < -0.3 is 24.5 Å². The van der Waals surface area contributed by atoms with Gasteiger partial charge in [-0.1, -0.05) is 30.3 Å². The third kappa shape index (κ3) is 4.03. The number of aldehydes is 2. The fraction of sp³-hybridized carbons (Fsp3) is 0.385. The molecule has 0 amide bonds. The molecule has 2 N–H and O–H groups in total. The Bertz CT molecular complexity index is 365. The smallest absolute Gasteiger partial charge is 0.151 e. The lowest BCUT2D eigenvalue weighted by Gasteiger charge is -2.21. The molecule has 0 fully saturated rings. The molecule has 0 aromatic heterocycles. The first kappa shape index (κ1) is 14.5. The fourth-order valence-electron chi connectivity index (χ4n) is 1.46. The number of carbonyl (C=O) groups excluding carboxylic acids is 2. The van der Waals surface area contributed by atoms with Gasteiger partial charge in [-0.25, -0.2) is 0 Å². The molecule has 18 heavy (non-hydrogen) atoms. The van der Waals surface area contributed by atoms with Gasteiger partial charge in [-0.2, -0.15) is 0 Å². The Morgan fingerprint density at radius 1 is 1.17 bits per heavy atom. The van der Waals surface area contributed by atoms with Crippen LogP contribution in [0.4, 0.5) is 0 Å². The maximum atomic E-state index is 10.8. The van der Waals surface area contributed by atoms with E-state index in [0.717, 1.165) is 5.56 Å². The van der Waals surface area contributed by atoms with E-state index in [-0.39, 0.29) is 6.61 Å². The van der Waals surface area contributed by atoms with Crippen LogP contribution >= 0.6 is 0 Å². The van der Waals surface area contributed by atoms with E-state index in [0.29, 0.717) is 12.6 Å². The molecule has 1 unspecified atom stereocenters. The van der Waals surface area contributed by atoms with Crippen LogP contribution in [0.15, 0.2) is 30.3 Å². The van der Waals surface area contributed by atoms with Crippen molar-refractivity contribution in [1.82, 2.24) is 0 Å². The highest BCUT2D eigenvalue weighted by Gasteiger charge is 2.27. The van der Waals surface area contributed by atoms with Crippen LogP contribution in [0, 0.1) is 5.92 Å². The highest BCUT2D eigenvalue weighted by Crippen LogP contribution is 2.10. The molecule has 0 heterocycles. The zero-order valence-electron chi connectivity index (χ0n) is 9.81. The number of hydrogen-bond donors (Lipinski definition) is 2. The van der Waals surface area contributed by atoms with E-state index in [4.69, 9.17) is 9.84 Å². The van der Waals surface area contributed by atoms with E-state index >= 15 is 0 Å². The van der Waals surface area contributed by atoms with Crippen LogP contribution in [-0.2, 0) is 20.9 Å². The summed E-state index contributed by atoms with van der Waals surface area (Å²) in [6, 6.07) is 9.14. The van der Waals surface area contributed by atoms with Crippen molar-refractivity contribution in [2.75, 3.05) is 6.61 Å². The maximum absolute atomic E-state index is 10.8. The molecule has 98 valence electrons. The standard InChI is InChI=1S/C13H16O5/c14-6-11(7-15)13(17)12(8-16)18-9-10-4-2-1-3-5-10/h1-6,8,11-13,15,17H,7,9H2/t11?,12-,13-/m0/s1. The number of carbonyl (C=O) groups is 2. The predicted octanol–water partition coefficient (Wildman–Crippen LogP) is -0.0610. The minimum absolute atomic E-state index is 0.151. The Labute approximate surface area is 105 Å². The summed E-state index contributed by atoms with van der Waals surface area (Å²) in [5, 5.41) is 18.6. The molecule has 0 aliphatic carbocycles. The van der Waals surface area contributed by atoms with Gasteiger partial charge in [0.2, 0.25) is 0 Å². The van der Waals surface area contributed by atoms with E-state index in [1.54, 1.807) is 0 Å². The minimum atomic E-state index is -1.34.